The quantitative estimate of drug-likeness (QED) is 0.590. The highest BCUT2D eigenvalue weighted by molar-refractivity contribution is 9.10. The van der Waals surface area contributed by atoms with Crippen molar-refractivity contribution >= 4 is 56.8 Å². The average Bonchev–Trinajstić information content (AvgIpc) is 2.65. The molecule has 0 saturated heterocycles. The second-order valence-electron chi connectivity index (χ2n) is 5.63. The first-order valence-electron chi connectivity index (χ1n) is 8.15. The SMILES string of the molecule is COc1ccc(NC(=O)C(CCSC)NC(=O)c2ccccc2Br)cc1Cl. The molecule has 0 heterocycles. The Morgan fingerprint density at radius 1 is 1.26 bits per heavy atom. The highest BCUT2D eigenvalue weighted by Crippen LogP contribution is 2.27. The topological polar surface area (TPSA) is 67.4 Å². The summed E-state index contributed by atoms with van der Waals surface area (Å²) in [5.41, 5.74) is 1.02. The molecule has 2 aromatic rings. The van der Waals surface area contributed by atoms with Crippen LogP contribution in [-0.2, 0) is 4.79 Å². The fourth-order valence-electron chi connectivity index (χ4n) is 2.36. The largest absolute Gasteiger partial charge is 0.495 e. The maximum Gasteiger partial charge on any atom is 0.253 e. The molecule has 2 amide bonds. The van der Waals surface area contributed by atoms with E-state index in [0.717, 1.165) is 5.75 Å². The maximum atomic E-state index is 12.7. The van der Waals surface area contributed by atoms with Crippen LogP contribution in [0.2, 0.25) is 5.02 Å². The summed E-state index contributed by atoms with van der Waals surface area (Å²) < 4.78 is 5.78. The van der Waals surface area contributed by atoms with E-state index in [0.29, 0.717) is 32.9 Å². The van der Waals surface area contributed by atoms with Gasteiger partial charge in [0.25, 0.3) is 5.91 Å². The summed E-state index contributed by atoms with van der Waals surface area (Å²) in [4.78, 5) is 25.3. The van der Waals surface area contributed by atoms with Gasteiger partial charge in [-0.25, -0.2) is 0 Å². The molecule has 27 heavy (non-hydrogen) atoms. The Morgan fingerprint density at radius 3 is 2.63 bits per heavy atom. The van der Waals surface area contributed by atoms with E-state index in [1.807, 2.05) is 12.3 Å². The van der Waals surface area contributed by atoms with Crippen LogP contribution in [0.5, 0.6) is 5.75 Å². The van der Waals surface area contributed by atoms with Crippen LogP contribution in [0.4, 0.5) is 5.69 Å². The molecule has 0 saturated carbocycles. The first kappa shape index (κ1) is 21.6. The Balaban J connectivity index is 2.12. The number of halogens is 2. The number of nitrogens with one attached hydrogen (secondary N) is 2. The third kappa shape index (κ3) is 6.16. The number of rotatable bonds is 8. The molecular weight excluding hydrogens is 452 g/mol. The number of carbonyl (C=O) groups excluding carboxylic acids is 2. The number of hydrogen-bond donors (Lipinski definition) is 2. The number of hydrogen-bond acceptors (Lipinski definition) is 4. The molecule has 0 aliphatic heterocycles. The molecule has 0 spiro atoms. The minimum atomic E-state index is -0.669. The Kier molecular flexibility index (Phi) is 8.47. The van der Waals surface area contributed by atoms with Crippen LogP contribution in [-0.4, -0.2) is 37.0 Å². The Labute approximate surface area is 176 Å². The van der Waals surface area contributed by atoms with E-state index in [1.54, 1.807) is 48.2 Å². The van der Waals surface area contributed by atoms with Crippen LogP contribution in [0.15, 0.2) is 46.9 Å². The summed E-state index contributed by atoms with van der Waals surface area (Å²) >= 11 is 11.1. The van der Waals surface area contributed by atoms with Gasteiger partial charge in [-0.15, -0.1) is 0 Å². The van der Waals surface area contributed by atoms with Crippen molar-refractivity contribution in [3.05, 3.63) is 57.5 Å². The molecule has 0 aliphatic rings. The van der Waals surface area contributed by atoms with Crippen LogP contribution in [0.3, 0.4) is 0 Å². The first-order valence-corrected chi connectivity index (χ1v) is 10.7. The molecule has 144 valence electrons. The van der Waals surface area contributed by atoms with E-state index in [4.69, 9.17) is 16.3 Å². The molecule has 8 heteroatoms. The smallest absolute Gasteiger partial charge is 0.253 e. The predicted octanol–water partition coefficient (Wildman–Crippen LogP) is 4.60. The second-order valence-corrected chi connectivity index (χ2v) is 7.87. The van der Waals surface area contributed by atoms with Crippen molar-refractivity contribution in [1.82, 2.24) is 5.32 Å². The summed E-state index contributed by atoms with van der Waals surface area (Å²) in [5, 5.41) is 6.01. The molecule has 2 N–H and O–H groups in total. The van der Waals surface area contributed by atoms with Gasteiger partial charge in [0.15, 0.2) is 0 Å². The molecule has 1 unspecified atom stereocenters. The van der Waals surface area contributed by atoms with Gasteiger partial charge in [-0.3, -0.25) is 9.59 Å². The number of ether oxygens (including phenoxy) is 1. The normalized spacial score (nSPS) is 11.6. The molecule has 2 rings (SSSR count). The van der Waals surface area contributed by atoms with Crippen molar-refractivity contribution in [2.45, 2.75) is 12.5 Å². The molecule has 0 aromatic heterocycles. The van der Waals surface area contributed by atoms with Gasteiger partial charge in [-0.1, -0.05) is 23.7 Å². The number of carbonyl (C=O) groups is 2. The predicted molar refractivity (Wildman–Crippen MR) is 115 cm³/mol. The van der Waals surface area contributed by atoms with E-state index in [9.17, 15) is 9.59 Å². The van der Waals surface area contributed by atoms with E-state index in [1.165, 1.54) is 7.11 Å². The number of benzene rings is 2. The van der Waals surface area contributed by atoms with Crippen LogP contribution in [0, 0.1) is 0 Å². The third-order valence-corrected chi connectivity index (χ3v) is 5.40. The summed E-state index contributed by atoms with van der Waals surface area (Å²) in [6.45, 7) is 0. The lowest BCUT2D eigenvalue weighted by molar-refractivity contribution is -0.118. The van der Waals surface area contributed by atoms with Crippen LogP contribution >= 0.6 is 39.3 Å². The average molecular weight is 472 g/mol. The summed E-state index contributed by atoms with van der Waals surface area (Å²) in [5.74, 6) is 0.649. The molecule has 5 nitrogen and oxygen atoms in total. The number of anilines is 1. The highest BCUT2D eigenvalue weighted by atomic mass is 79.9. The van der Waals surface area contributed by atoms with Crippen LogP contribution < -0.4 is 15.4 Å². The fraction of sp³-hybridized carbons (Fsp3) is 0.263. The minimum Gasteiger partial charge on any atom is -0.495 e. The lowest BCUT2D eigenvalue weighted by Gasteiger charge is -2.19. The van der Waals surface area contributed by atoms with Gasteiger partial charge in [0.05, 0.1) is 17.7 Å². The monoisotopic (exact) mass is 470 g/mol. The summed E-state index contributed by atoms with van der Waals surface area (Å²) in [6, 6.07) is 11.4. The number of methoxy groups -OCH3 is 1. The van der Waals surface area contributed by atoms with E-state index in [-0.39, 0.29) is 11.8 Å². The molecule has 0 bridgehead atoms. The van der Waals surface area contributed by atoms with Gasteiger partial charge in [0.1, 0.15) is 11.8 Å². The molecule has 0 aliphatic carbocycles. The van der Waals surface area contributed by atoms with Crippen molar-refractivity contribution in [3.8, 4) is 5.75 Å². The van der Waals surface area contributed by atoms with Gasteiger partial charge in [-0.2, -0.15) is 11.8 Å². The van der Waals surface area contributed by atoms with Crippen LogP contribution in [0.1, 0.15) is 16.8 Å². The lowest BCUT2D eigenvalue weighted by Crippen LogP contribution is -2.44. The first-order chi connectivity index (χ1) is 13.0. The van der Waals surface area contributed by atoms with Crippen molar-refractivity contribution in [1.29, 1.82) is 0 Å². The Hall–Kier alpha value is -1.70. The zero-order valence-corrected chi connectivity index (χ0v) is 18.1. The fourth-order valence-corrected chi connectivity index (χ4v) is 3.55. The van der Waals surface area contributed by atoms with Crippen molar-refractivity contribution in [3.63, 3.8) is 0 Å². The summed E-state index contributed by atoms with van der Waals surface area (Å²) in [6.07, 6.45) is 2.46. The van der Waals surface area contributed by atoms with Gasteiger partial charge >= 0.3 is 0 Å². The molecule has 0 radical (unpaired) electrons. The molecule has 1 atom stereocenters. The minimum absolute atomic E-state index is 0.300. The van der Waals surface area contributed by atoms with Gasteiger partial charge in [0.2, 0.25) is 5.91 Å². The Morgan fingerprint density at radius 2 is 2.00 bits per heavy atom. The van der Waals surface area contributed by atoms with Gasteiger partial charge in [0, 0.05) is 10.2 Å². The second kappa shape index (κ2) is 10.6. The van der Waals surface area contributed by atoms with E-state index in [2.05, 4.69) is 26.6 Å². The van der Waals surface area contributed by atoms with Gasteiger partial charge < -0.3 is 15.4 Å². The molecular formula is C19H20BrClN2O3S. The standard InChI is InChI=1S/C19H20BrClN2O3S/c1-26-17-8-7-12(11-15(17)21)22-19(25)16(9-10-27-2)23-18(24)13-5-3-4-6-14(13)20/h3-8,11,16H,9-10H2,1-2H3,(H,22,25)(H,23,24). The van der Waals surface area contributed by atoms with Crippen molar-refractivity contribution in [2.24, 2.45) is 0 Å². The lowest BCUT2D eigenvalue weighted by atomic mass is 10.1. The van der Waals surface area contributed by atoms with Crippen molar-refractivity contribution in [2.75, 3.05) is 24.4 Å². The van der Waals surface area contributed by atoms with E-state index >= 15 is 0 Å². The molecule has 2 aromatic carbocycles. The third-order valence-electron chi connectivity index (χ3n) is 3.77. The highest BCUT2D eigenvalue weighted by Gasteiger charge is 2.22. The number of amides is 2. The summed E-state index contributed by atoms with van der Waals surface area (Å²) in [7, 11) is 1.52. The van der Waals surface area contributed by atoms with Crippen molar-refractivity contribution < 1.29 is 14.3 Å². The zero-order valence-electron chi connectivity index (χ0n) is 14.9. The number of thioether (sulfide) groups is 1. The molecule has 0 fully saturated rings. The van der Waals surface area contributed by atoms with Gasteiger partial charge in [-0.05, 0) is 64.7 Å². The van der Waals surface area contributed by atoms with E-state index < -0.39 is 6.04 Å². The van der Waals surface area contributed by atoms with Crippen LogP contribution in [0.25, 0.3) is 0 Å². The zero-order chi connectivity index (χ0) is 19.8. The maximum absolute atomic E-state index is 12.7. The Bertz CT molecular complexity index is 819.